The van der Waals surface area contributed by atoms with E-state index >= 15 is 0 Å². The molecule has 1 aromatic carbocycles. The lowest BCUT2D eigenvalue weighted by Crippen LogP contribution is -2.45. The van der Waals surface area contributed by atoms with Gasteiger partial charge in [-0.05, 0) is 57.7 Å². The van der Waals surface area contributed by atoms with Crippen molar-refractivity contribution in [3.8, 4) is 11.3 Å². The molecule has 7 heteroatoms. The van der Waals surface area contributed by atoms with Crippen LogP contribution in [0, 0.1) is 12.8 Å². The minimum absolute atomic E-state index is 0.145. The highest BCUT2D eigenvalue weighted by Crippen LogP contribution is 2.39. The first-order valence-corrected chi connectivity index (χ1v) is 9.44. The average Bonchev–Trinajstić information content (AvgIpc) is 3.26. The van der Waals surface area contributed by atoms with Gasteiger partial charge < -0.3 is 9.73 Å². The molecule has 1 aliphatic rings. The highest BCUT2D eigenvalue weighted by molar-refractivity contribution is 6.00. The zero-order valence-electron chi connectivity index (χ0n) is 16.1. The van der Waals surface area contributed by atoms with E-state index in [1.54, 1.807) is 10.7 Å². The Labute approximate surface area is 161 Å². The van der Waals surface area contributed by atoms with E-state index in [9.17, 15) is 4.79 Å². The van der Waals surface area contributed by atoms with Crippen molar-refractivity contribution < 1.29 is 9.21 Å². The number of carbonyl (C=O) groups is 1. The van der Waals surface area contributed by atoms with Gasteiger partial charge in [0.15, 0.2) is 17.6 Å². The second-order valence-electron chi connectivity index (χ2n) is 8.03. The maximum Gasteiger partial charge on any atom is 0.257 e. The van der Waals surface area contributed by atoms with Gasteiger partial charge in [-0.25, -0.2) is 14.5 Å². The Morgan fingerprint density at radius 3 is 2.93 bits per heavy atom. The molecule has 0 aliphatic heterocycles. The number of amides is 1. The molecule has 0 bridgehead atoms. The van der Waals surface area contributed by atoms with Crippen LogP contribution in [0.15, 0.2) is 41.3 Å². The van der Waals surface area contributed by atoms with Crippen molar-refractivity contribution in [2.24, 2.45) is 5.92 Å². The van der Waals surface area contributed by atoms with E-state index in [2.05, 4.69) is 29.2 Å². The van der Waals surface area contributed by atoms with Gasteiger partial charge in [-0.3, -0.25) is 4.79 Å². The fraction of sp³-hybridized carbons (Fsp3) is 0.333. The first kappa shape index (κ1) is 16.9. The van der Waals surface area contributed by atoms with Gasteiger partial charge in [0.2, 0.25) is 0 Å². The Morgan fingerprint density at radius 2 is 2.14 bits per heavy atom. The molecule has 7 nitrogen and oxygen atoms in total. The van der Waals surface area contributed by atoms with Crippen LogP contribution in [0.4, 0.5) is 0 Å². The zero-order valence-corrected chi connectivity index (χ0v) is 16.1. The lowest BCUT2D eigenvalue weighted by Gasteiger charge is -2.25. The van der Waals surface area contributed by atoms with Crippen LogP contribution in [-0.4, -0.2) is 31.0 Å². The van der Waals surface area contributed by atoms with Crippen molar-refractivity contribution >= 4 is 22.7 Å². The summed E-state index contributed by atoms with van der Waals surface area (Å²) in [5.41, 5.74) is 4.68. The molecule has 1 amide bonds. The molecular weight excluding hydrogens is 354 g/mol. The second kappa shape index (κ2) is 5.89. The van der Waals surface area contributed by atoms with Gasteiger partial charge in [0.1, 0.15) is 11.1 Å². The summed E-state index contributed by atoms with van der Waals surface area (Å²) in [6, 6.07) is 7.69. The van der Waals surface area contributed by atoms with Crippen molar-refractivity contribution in [2.45, 2.75) is 39.2 Å². The molecule has 1 N–H and O–H groups in total. The molecule has 4 aromatic rings. The molecule has 3 heterocycles. The Bertz CT molecular complexity index is 1220. The number of oxazole rings is 1. The smallest absolute Gasteiger partial charge is 0.257 e. The topological polar surface area (TPSA) is 85.3 Å². The van der Waals surface area contributed by atoms with Crippen molar-refractivity contribution in [3.63, 3.8) is 0 Å². The van der Waals surface area contributed by atoms with Crippen LogP contribution < -0.4 is 5.32 Å². The second-order valence-corrected chi connectivity index (χ2v) is 8.03. The zero-order chi connectivity index (χ0) is 19.5. The van der Waals surface area contributed by atoms with Crippen molar-refractivity contribution in [1.29, 1.82) is 0 Å². The number of carbonyl (C=O) groups excluding carboxylic acids is 1. The normalized spacial score (nSPS) is 14.7. The van der Waals surface area contributed by atoms with Crippen LogP contribution >= 0.6 is 0 Å². The minimum Gasteiger partial charge on any atom is -0.443 e. The summed E-state index contributed by atoms with van der Waals surface area (Å²) in [5.74, 6) is 0.390. The summed E-state index contributed by atoms with van der Waals surface area (Å²) in [5, 5.41) is 7.53. The fourth-order valence-electron chi connectivity index (χ4n) is 3.77. The summed E-state index contributed by atoms with van der Waals surface area (Å²) < 4.78 is 7.26. The summed E-state index contributed by atoms with van der Waals surface area (Å²) in [6.07, 6.45) is 5.33. The molecule has 0 atom stereocenters. The third-order valence-corrected chi connectivity index (χ3v) is 5.56. The monoisotopic (exact) mass is 375 g/mol. The molecule has 0 saturated heterocycles. The van der Waals surface area contributed by atoms with Crippen LogP contribution in [0.2, 0.25) is 0 Å². The highest BCUT2D eigenvalue weighted by atomic mass is 16.3. The Kier molecular flexibility index (Phi) is 3.56. The van der Waals surface area contributed by atoms with E-state index in [4.69, 9.17) is 9.40 Å². The predicted octanol–water partition coefficient (Wildman–Crippen LogP) is 3.76. The largest absolute Gasteiger partial charge is 0.443 e. The number of hydrogen-bond donors (Lipinski definition) is 1. The van der Waals surface area contributed by atoms with E-state index in [-0.39, 0.29) is 11.4 Å². The molecule has 28 heavy (non-hydrogen) atoms. The van der Waals surface area contributed by atoms with E-state index in [1.165, 1.54) is 6.39 Å². The quantitative estimate of drug-likeness (QED) is 0.587. The average molecular weight is 375 g/mol. The number of aryl methyl sites for hydroxylation is 1. The molecule has 0 spiro atoms. The number of aromatic nitrogens is 4. The van der Waals surface area contributed by atoms with Crippen LogP contribution in [0.25, 0.3) is 28.0 Å². The fourth-order valence-corrected chi connectivity index (χ4v) is 3.77. The van der Waals surface area contributed by atoms with Crippen LogP contribution in [0.1, 0.15) is 42.7 Å². The van der Waals surface area contributed by atoms with Gasteiger partial charge in [0, 0.05) is 16.8 Å². The van der Waals surface area contributed by atoms with Gasteiger partial charge in [0.05, 0.1) is 11.9 Å². The number of fused-ring (bicyclic) bond motifs is 2. The van der Waals surface area contributed by atoms with Crippen molar-refractivity contribution in [1.82, 2.24) is 24.9 Å². The number of rotatable bonds is 4. The number of nitrogens with zero attached hydrogens (tertiary/aromatic N) is 4. The predicted molar refractivity (Wildman–Crippen MR) is 105 cm³/mol. The van der Waals surface area contributed by atoms with Gasteiger partial charge in [-0.2, -0.15) is 5.10 Å². The van der Waals surface area contributed by atoms with Crippen molar-refractivity contribution in [3.05, 3.63) is 48.1 Å². The molecule has 5 rings (SSSR count). The molecule has 1 fully saturated rings. The number of nitrogens with one attached hydrogen (secondary N) is 1. The van der Waals surface area contributed by atoms with E-state index < -0.39 is 0 Å². The lowest BCUT2D eigenvalue weighted by atomic mass is 9.98. The Hall–Kier alpha value is -3.22. The summed E-state index contributed by atoms with van der Waals surface area (Å²) in [6.45, 7) is 6.09. The maximum atomic E-state index is 13.0. The van der Waals surface area contributed by atoms with E-state index in [1.807, 2.05) is 31.2 Å². The van der Waals surface area contributed by atoms with Gasteiger partial charge in [-0.15, -0.1) is 0 Å². The third-order valence-electron chi connectivity index (χ3n) is 5.56. The number of benzene rings is 1. The van der Waals surface area contributed by atoms with Crippen LogP contribution in [0.5, 0.6) is 0 Å². The van der Waals surface area contributed by atoms with Crippen LogP contribution in [-0.2, 0) is 0 Å². The molecular formula is C21H21N5O2. The van der Waals surface area contributed by atoms with Crippen molar-refractivity contribution in [2.75, 3.05) is 0 Å². The Morgan fingerprint density at radius 1 is 1.32 bits per heavy atom. The summed E-state index contributed by atoms with van der Waals surface area (Å²) in [7, 11) is 0. The third kappa shape index (κ3) is 2.66. The molecule has 0 radical (unpaired) electrons. The maximum absolute atomic E-state index is 13.0. The first-order chi connectivity index (χ1) is 13.4. The summed E-state index contributed by atoms with van der Waals surface area (Å²) >= 11 is 0. The lowest BCUT2D eigenvalue weighted by molar-refractivity contribution is 0.0905. The van der Waals surface area contributed by atoms with Gasteiger partial charge in [-0.1, -0.05) is 6.07 Å². The molecule has 142 valence electrons. The molecule has 1 aliphatic carbocycles. The van der Waals surface area contributed by atoms with E-state index in [0.29, 0.717) is 22.7 Å². The minimum atomic E-state index is -0.233. The summed E-state index contributed by atoms with van der Waals surface area (Å²) in [4.78, 5) is 21.9. The standard InChI is InChI=1S/C21H21N5O2/c1-12-9-17(14-5-4-6-16-18(14)28-11-22-16)24-19-15(10-23-26(12)19)20(27)25-21(2,3)13-7-8-13/h4-6,9-11,13H,7-8H2,1-3H3,(H,25,27). The molecule has 0 unspecified atom stereocenters. The highest BCUT2D eigenvalue weighted by Gasteiger charge is 2.39. The first-order valence-electron chi connectivity index (χ1n) is 9.44. The van der Waals surface area contributed by atoms with Crippen LogP contribution in [0.3, 0.4) is 0 Å². The molecule has 3 aromatic heterocycles. The van der Waals surface area contributed by atoms with Gasteiger partial charge >= 0.3 is 0 Å². The van der Waals surface area contributed by atoms with E-state index in [0.717, 1.165) is 35.3 Å². The molecule has 1 saturated carbocycles. The number of hydrogen-bond acceptors (Lipinski definition) is 5. The Balaban J connectivity index is 1.61. The van der Waals surface area contributed by atoms with Gasteiger partial charge in [0.25, 0.3) is 5.91 Å². The number of para-hydroxylation sites is 1. The SMILES string of the molecule is Cc1cc(-c2cccc3ncoc23)nc2c(C(=O)NC(C)(C)C3CC3)cnn12.